The third-order valence-corrected chi connectivity index (χ3v) is 1.61. The highest BCUT2D eigenvalue weighted by molar-refractivity contribution is 5.36. The molecule has 0 rings (SSSR count). The van der Waals surface area contributed by atoms with Gasteiger partial charge in [0.25, 0.3) is 6.47 Å². The Morgan fingerprint density at radius 1 is 1.17 bits per heavy atom. The standard InChI is InChI=1S/C10H18O2/c1-2-3-4-5-6-7-8-9-12-10-11/h6-7,10H,2-5,8-9H2,1H3/b7-6-. The zero-order valence-corrected chi connectivity index (χ0v) is 7.79. The van der Waals surface area contributed by atoms with Gasteiger partial charge in [-0.3, -0.25) is 4.79 Å². The lowest BCUT2D eigenvalue weighted by Crippen LogP contribution is -1.87. The molecule has 12 heavy (non-hydrogen) atoms. The maximum atomic E-state index is 9.73. The number of hydrogen-bond donors (Lipinski definition) is 0. The van der Waals surface area contributed by atoms with E-state index < -0.39 is 0 Å². The van der Waals surface area contributed by atoms with Gasteiger partial charge in [0, 0.05) is 0 Å². The van der Waals surface area contributed by atoms with E-state index in [1.165, 1.54) is 19.3 Å². The van der Waals surface area contributed by atoms with Gasteiger partial charge in [-0.25, -0.2) is 0 Å². The fourth-order valence-electron chi connectivity index (χ4n) is 0.932. The zero-order chi connectivity index (χ0) is 9.07. The molecule has 0 spiro atoms. The number of unbranched alkanes of at least 4 members (excludes halogenated alkanes) is 3. The Kier molecular flexibility index (Phi) is 9.54. The van der Waals surface area contributed by atoms with Crippen LogP contribution < -0.4 is 0 Å². The summed E-state index contributed by atoms with van der Waals surface area (Å²) in [5, 5.41) is 0. The summed E-state index contributed by atoms with van der Waals surface area (Å²) in [5.41, 5.74) is 0. The molecule has 0 heterocycles. The molecule has 0 aromatic heterocycles. The summed E-state index contributed by atoms with van der Waals surface area (Å²) in [6, 6.07) is 0. The van der Waals surface area contributed by atoms with Crippen LogP contribution >= 0.6 is 0 Å². The van der Waals surface area contributed by atoms with E-state index in [9.17, 15) is 4.79 Å². The van der Waals surface area contributed by atoms with Gasteiger partial charge >= 0.3 is 0 Å². The highest BCUT2D eigenvalue weighted by atomic mass is 16.5. The summed E-state index contributed by atoms with van der Waals surface area (Å²) in [7, 11) is 0. The molecule has 0 radical (unpaired) electrons. The van der Waals surface area contributed by atoms with Gasteiger partial charge in [0.15, 0.2) is 0 Å². The van der Waals surface area contributed by atoms with Crippen LogP contribution in [0.5, 0.6) is 0 Å². The molecule has 0 saturated heterocycles. The zero-order valence-electron chi connectivity index (χ0n) is 7.79. The van der Waals surface area contributed by atoms with E-state index in [0.29, 0.717) is 13.1 Å². The molecule has 0 atom stereocenters. The van der Waals surface area contributed by atoms with Crippen molar-refractivity contribution in [3.05, 3.63) is 12.2 Å². The van der Waals surface area contributed by atoms with Gasteiger partial charge in [-0.1, -0.05) is 31.9 Å². The molecule has 0 N–H and O–H groups in total. The van der Waals surface area contributed by atoms with Crippen molar-refractivity contribution >= 4 is 6.47 Å². The average Bonchev–Trinajstić information content (AvgIpc) is 2.10. The fourth-order valence-corrected chi connectivity index (χ4v) is 0.932. The SMILES string of the molecule is CCCCC/C=C\CCOC=O. The molecule has 0 bridgehead atoms. The molecule has 0 aliphatic carbocycles. The second-order valence-electron chi connectivity index (χ2n) is 2.72. The lowest BCUT2D eigenvalue weighted by Gasteiger charge is -1.93. The summed E-state index contributed by atoms with van der Waals surface area (Å²) < 4.78 is 4.53. The molecule has 0 aromatic rings. The first-order valence-electron chi connectivity index (χ1n) is 4.62. The first kappa shape index (κ1) is 11.2. The first-order chi connectivity index (χ1) is 5.91. The fraction of sp³-hybridized carbons (Fsp3) is 0.700. The number of hydrogen-bond acceptors (Lipinski definition) is 2. The molecule has 0 aliphatic heterocycles. The summed E-state index contributed by atoms with van der Waals surface area (Å²) in [6.45, 7) is 3.19. The summed E-state index contributed by atoms with van der Waals surface area (Å²) in [6.07, 6.45) is 10.0. The molecule has 2 nitrogen and oxygen atoms in total. The van der Waals surface area contributed by atoms with Gasteiger partial charge in [-0.05, 0) is 19.3 Å². The Morgan fingerprint density at radius 3 is 2.58 bits per heavy atom. The largest absolute Gasteiger partial charge is 0.468 e. The highest BCUT2D eigenvalue weighted by Gasteiger charge is 1.82. The smallest absolute Gasteiger partial charge is 0.293 e. The van der Waals surface area contributed by atoms with Crippen molar-refractivity contribution in [3.8, 4) is 0 Å². The number of allylic oxidation sites excluding steroid dienone is 1. The number of ether oxygens (including phenoxy) is 1. The van der Waals surface area contributed by atoms with Crippen LogP contribution in [0.1, 0.15) is 39.0 Å². The molecule has 70 valence electrons. The van der Waals surface area contributed by atoms with Crippen molar-refractivity contribution in [1.29, 1.82) is 0 Å². The maximum Gasteiger partial charge on any atom is 0.293 e. The van der Waals surface area contributed by atoms with E-state index >= 15 is 0 Å². The Balaban J connectivity index is 2.98. The van der Waals surface area contributed by atoms with Crippen LogP contribution in [0.15, 0.2) is 12.2 Å². The van der Waals surface area contributed by atoms with E-state index in [-0.39, 0.29) is 0 Å². The molecular formula is C10H18O2. The topological polar surface area (TPSA) is 26.3 Å². The summed E-state index contributed by atoms with van der Waals surface area (Å²) >= 11 is 0. The maximum absolute atomic E-state index is 9.73. The summed E-state index contributed by atoms with van der Waals surface area (Å²) in [4.78, 5) is 9.73. The number of carbonyl (C=O) groups excluding carboxylic acids is 1. The van der Waals surface area contributed by atoms with Gasteiger partial charge in [0.1, 0.15) is 0 Å². The first-order valence-corrected chi connectivity index (χ1v) is 4.62. The van der Waals surface area contributed by atoms with Crippen LogP contribution in [0.4, 0.5) is 0 Å². The lowest BCUT2D eigenvalue weighted by atomic mass is 10.2. The van der Waals surface area contributed by atoms with Crippen LogP contribution in [0.3, 0.4) is 0 Å². The minimum Gasteiger partial charge on any atom is -0.468 e. The second-order valence-corrected chi connectivity index (χ2v) is 2.72. The van der Waals surface area contributed by atoms with Crippen molar-refractivity contribution < 1.29 is 9.53 Å². The minimum absolute atomic E-state index is 0.491. The van der Waals surface area contributed by atoms with Gasteiger partial charge in [0.05, 0.1) is 6.61 Å². The quantitative estimate of drug-likeness (QED) is 0.318. The van der Waals surface area contributed by atoms with E-state index in [2.05, 4.69) is 23.8 Å². The van der Waals surface area contributed by atoms with Crippen molar-refractivity contribution in [2.24, 2.45) is 0 Å². The van der Waals surface area contributed by atoms with Crippen molar-refractivity contribution in [1.82, 2.24) is 0 Å². The van der Waals surface area contributed by atoms with Crippen LogP contribution in [0.2, 0.25) is 0 Å². The lowest BCUT2D eigenvalue weighted by molar-refractivity contribution is -0.128. The number of carbonyl (C=O) groups is 1. The Labute approximate surface area is 74.6 Å². The Bertz CT molecular complexity index is 119. The van der Waals surface area contributed by atoms with Crippen LogP contribution in [-0.2, 0) is 9.53 Å². The van der Waals surface area contributed by atoms with Crippen molar-refractivity contribution in [2.75, 3.05) is 6.61 Å². The second kappa shape index (κ2) is 10.2. The molecular weight excluding hydrogens is 152 g/mol. The Morgan fingerprint density at radius 2 is 1.92 bits per heavy atom. The molecule has 0 aliphatic rings. The van der Waals surface area contributed by atoms with Gasteiger partial charge in [-0.2, -0.15) is 0 Å². The Hall–Kier alpha value is -0.790. The van der Waals surface area contributed by atoms with E-state index in [4.69, 9.17) is 0 Å². The molecule has 0 aromatic carbocycles. The van der Waals surface area contributed by atoms with Crippen molar-refractivity contribution in [3.63, 3.8) is 0 Å². The molecule has 2 heteroatoms. The van der Waals surface area contributed by atoms with Gasteiger partial charge in [-0.15, -0.1) is 0 Å². The molecule has 0 saturated carbocycles. The molecule has 0 amide bonds. The summed E-state index contributed by atoms with van der Waals surface area (Å²) in [5.74, 6) is 0. The van der Waals surface area contributed by atoms with E-state index in [0.717, 1.165) is 12.8 Å². The predicted molar refractivity (Wildman–Crippen MR) is 49.9 cm³/mol. The van der Waals surface area contributed by atoms with E-state index in [1.54, 1.807) is 0 Å². The van der Waals surface area contributed by atoms with Crippen LogP contribution in [0, 0.1) is 0 Å². The van der Waals surface area contributed by atoms with Crippen molar-refractivity contribution in [2.45, 2.75) is 39.0 Å². The third-order valence-electron chi connectivity index (χ3n) is 1.61. The average molecular weight is 170 g/mol. The van der Waals surface area contributed by atoms with Crippen LogP contribution in [0.25, 0.3) is 0 Å². The van der Waals surface area contributed by atoms with Crippen LogP contribution in [-0.4, -0.2) is 13.1 Å². The van der Waals surface area contributed by atoms with E-state index in [1.807, 2.05) is 0 Å². The van der Waals surface area contributed by atoms with Gasteiger partial charge in [0.2, 0.25) is 0 Å². The number of rotatable bonds is 8. The molecule has 0 fully saturated rings. The van der Waals surface area contributed by atoms with Gasteiger partial charge < -0.3 is 4.74 Å². The third kappa shape index (κ3) is 9.21. The minimum atomic E-state index is 0.491. The molecule has 0 unspecified atom stereocenters. The predicted octanol–water partition coefficient (Wildman–Crippen LogP) is 2.69. The highest BCUT2D eigenvalue weighted by Crippen LogP contribution is 1.99. The monoisotopic (exact) mass is 170 g/mol. The normalized spacial score (nSPS) is 10.4.